The first kappa shape index (κ1) is 16.0. The predicted octanol–water partition coefficient (Wildman–Crippen LogP) is 2.04. The number of benzene rings is 1. The summed E-state index contributed by atoms with van der Waals surface area (Å²) in [5, 5.41) is 12.1. The molecular weight excluding hydrogens is 304 g/mol. The fraction of sp³-hybridized carbons (Fsp3) is 0.278. The molecule has 6 nitrogen and oxygen atoms in total. The smallest absolute Gasteiger partial charge is 0.255 e. The summed E-state index contributed by atoms with van der Waals surface area (Å²) in [5.41, 5.74) is 2.21. The summed E-state index contributed by atoms with van der Waals surface area (Å²) in [6.07, 6.45) is 1.59. The highest BCUT2D eigenvalue weighted by Crippen LogP contribution is 2.11. The number of morpholine rings is 1. The van der Waals surface area contributed by atoms with Gasteiger partial charge in [0.25, 0.3) is 5.91 Å². The zero-order valence-corrected chi connectivity index (χ0v) is 13.2. The van der Waals surface area contributed by atoms with Gasteiger partial charge >= 0.3 is 0 Å². The van der Waals surface area contributed by atoms with Crippen molar-refractivity contribution in [1.29, 1.82) is 5.26 Å². The van der Waals surface area contributed by atoms with E-state index in [0.717, 1.165) is 5.56 Å². The van der Waals surface area contributed by atoms with Gasteiger partial charge < -0.3 is 15.0 Å². The third kappa shape index (κ3) is 3.89. The molecule has 1 aromatic heterocycles. The Morgan fingerprint density at radius 2 is 2.12 bits per heavy atom. The van der Waals surface area contributed by atoms with Crippen molar-refractivity contribution in [2.75, 3.05) is 31.6 Å². The number of carbonyl (C=O) groups excluding carboxylic acids is 1. The van der Waals surface area contributed by atoms with E-state index < -0.39 is 0 Å². The first-order valence-electron chi connectivity index (χ1n) is 7.82. The van der Waals surface area contributed by atoms with E-state index in [0.29, 0.717) is 49.8 Å². The fourth-order valence-electron chi connectivity index (χ4n) is 2.52. The lowest BCUT2D eigenvalue weighted by Gasteiger charge is -2.26. The van der Waals surface area contributed by atoms with E-state index in [9.17, 15) is 4.79 Å². The van der Waals surface area contributed by atoms with Crippen LogP contribution < -0.4 is 5.32 Å². The molecule has 122 valence electrons. The number of hydrogen-bond donors (Lipinski definition) is 1. The lowest BCUT2D eigenvalue weighted by Crippen LogP contribution is -2.40. The van der Waals surface area contributed by atoms with Crippen molar-refractivity contribution in [3.63, 3.8) is 0 Å². The summed E-state index contributed by atoms with van der Waals surface area (Å²) in [4.78, 5) is 18.4. The maximum Gasteiger partial charge on any atom is 0.255 e. The second-order valence-corrected chi connectivity index (χ2v) is 5.50. The SMILES string of the molecule is N#Cc1cccc(CNc2ccc(C(=O)N3CCOCC3)cn2)c1. The van der Waals surface area contributed by atoms with Crippen molar-refractivity contribution in [2.45, 2.75) is 6.54 Å². The van der Waals surface area contributed by atoms with Gasteiger partial charge in [-0.3, -0.25) is 4.79 Å². The number of hydrogen-bond acceptors (Lipinski definition) is 5. The van der Waals surface area contributed by atoms with E-state index in [2.05, 4.69) is 16.4 Å². The molecule has 0 bridgehead atoms. The van der Waals surface area contributed by atoms with Crippen LogP contribution in [0.25, 0.3) is 0 Å². The van der Waals surface area contributed by atoms with Crippen molar-refractivity contribution < 1.29 is 9.53 Å². The van der Waals surface area contributed by atoms with Gasteiger partial charge in [-0.05, 0) is 29.8 Å². The lowest BCUT2D eigenvalue weighted by molar-refractivity contribution is 0.0302. The topological polar surface area (TPSA) is 78.2 Å². The third-order valence-electron chi connectivity index (χ3n) is 3.84. The molecule has 1 aliphatic heterocycles. The van der Waals surface area contributed by atoms with Crippen molar-refractivity contribution in [3.05, 3.63) is 59.3 Å². The minimum absolute atomic E-state index is 0.0147. The molecule has 0 atom stereocenters. The minimum atomic E-state index is -0.0147. The number of nitrogens with zero attached hydrogens (tertiary/aromatic N) is 3. The molecule has 0 unspecified atom stereocenters. The summed E-state index contributed by atoms with van der Waals surface area (Å²) in [6, 6.07) is 13.1. The maximum absolute atomic E-state index is 12.3. The summed E-state index contributed by atoms with van der Waals surface area (Å²) in [6.45, 7) is 2.97. The van der Waals surface area contributed by atoms with E-state index in [1.165, 1.54) is 0 Å². The highest BCUT2D eigenvalue weighted by atomic mass is 16.5. The summed E-state index contributed by atoms with van der Waals surface area (Å²) >= 11 is 0. The van der Waals surface area contributed by atoms with E-state index in [1.807, 2.05) is 18.2 Å². The summed E-state index contributed by atoms with van der Waals surface area (Å²) < 4.78 is 5.26. The molecule has 1 N–H and O–H groups in total. The average molecular weight is 322 g/mol. The molecule has 3 rings (SSSR count). The van der Waals surface area contributed by atoms with Crippen LogP contribution in [0.4, 0.5) is 5.82 Å². The Kier molecular flexibility index (Phi) is 5.04. The van der Waals surface area contributed by atoms with Gasteiger partial charge in [-0.2, -0.15) is 5.26 Å². The van der Waals surface area contributed by atoms with Crippen molar-refractivity contribution in [2.24, 2.45) is 0 Å². The molecule has 24 heavy (non-hydrogen) atoms. The second kappa shape index (κ2) is 7.57. The number of rotatable bonds is 4. The molecule has 0 radical (unpaired) electrons. The molecule has 0 aliphatic carbocycles. The van der Waals surface area contributed by atoms with Gasteiger partial charge in [0.05, 0.1) is 30.4 Å². The molecule has 1 fully saturated rings. The van der Waals surface area contributed by atoms with Crippen molar-refractivity contribution in [1.82, 2.24) is 9.88 Å². The fourth-order valence-corrected chi connectivity index (χ4v) is 2.52. The quantitative estimate of drug-likeness (QED) is 0.932. The molecular formula is C18H18N4O2. The molecule has 1 aromatic carbocycles. The Balaban J connectivity index is 1.60. The van der Waals surface area contributed by atoms with Gasteiger partial charge in [-0.15, -0.1) is 0 Å². The van der Waals surface area contributed by atoms with Crippen LogP contribution in [0.2, 0.25) is 0 Å². The van der Waals surface area contributed by atoms with Crippen LogP contribution >= 0.6 is 0 Å². The van der Waals surface area contributed by atoms with Gasteiger partial charge in [0.2, 0.25) is 0 Å². The predicted molar refractivity (Wildman–Crippen MR) is 89.4 cm³/mol. The van der Waals surface area contributed by atoms with Crippen LogP contribution in [-0.2, 0) is 11.3 Å². The first-order valence-corrected chi connectivity index (χ1v) is 7.82. The Morgan fingerprint density at radius 1 is 1.29 bits per heavy atom. The van der Waals surface area contributed by atoms with Crippen LogP contribution in [0.15, 0.2) is 42.6 Å². The van der Waals surface area contributed by atoms with E-state index in [4.69, 9.17) is 10.00 Å². The van der Waals surface area contributed by atoms with Gasteiger partial charge in [-0.1, -0.05) is 12.1 Å². The number of amides is 1. The largest absolute Gasteiger partial charge is 0.378 e. The first-order chi connectivity index (χ1) is 11.8. The molecule has 1 saturated heterocycles. The van der Waals surface area contributed by atoms with Crippen LogP contribution in [0.3, 0.4) is 0 Å². The highest BCUT2D eigenvalue weighted by Gasteiger charge is 2.18. The number of anilines is 1. The van der Waals surface area contributed by atoms with Gasteiger partial charge in [-0.25, -0.2) is 4.98 Å². The number of ether oxygens (including phenoxy) is 1. The Hall–Kier alpha value is -2.91. The van der Waals surface area contributed by atoms with Crippen LogP contribution in [0, 0.1) is 11.3 Å². The molecule has 2 heterocycles. The van der Waals surface area contributed by atoms with Gasteiger partial charge in [0.15, 0.2) is 0 Å². The molecule has 1 amide bonds. The zero-order chi connectivity index (χ0) is 16.8. The molecule has 0 saturated carbocycles. The Bertz CT molecular complexity index is 746. The molecule has 6 heteroatoms. The number of nitrogens with one attached hydrogen (secondary N) is 1. The number of aromatic nitrogens is 1. The monoisotopic (exact) mass is 322 g/mol. The number of pyridine rings is 1. The van der Waals surface area contributed by atoms with Gasteiger partial charge in [0, 0.05) is 25.8 Å². The summed E-state index contributed by atoms with van der Waals surface area (Å²) in [5.74, 6) is 0.676. The Morgan fingerprint density at radius 3 is 2.83 bits per heavy atom. The number of carbonyl (C=O) groups is 1. The minimum Gasteiger partial charge on any atom is -0.378 e. The molecule has 2 aromatic rings. The zero-order valence-electron chi connectivity index (χ0n) is 13.2. The highest BCUT2D eigenvalue weighted by molar-refractivity contribution is 5.94. The van der Waals surface area contributed by atoms with E-state index >= 15 is 0 Å². The van der Waals surface area contributed by atoms with Crippen molar-refractivity contribution >= 4 is 11.7 Å². The van der Waals surface area contributed by atoms with Gasteiger partial charge in [0.1, 0.15) is 5.82 Å². The number of nitriles is 1. The maximum atomic E-state index is 12.3. The van der Waals surface area contributed by atoms with Crippen molar-refractivity contribution in [3.8, 4) is 6.07 Å². The summed E-state index contributed by atoms with van der Waals surface area (Å²) in [7, 11) is 0. The van der Waals surface area contributed by atoms with E-state index in [1.54, 1.807) is 29.3 Å². The lowest BCUT2D eigenvalue weighted by atomic mass is 10.1. The molecule has 1 aliphatic rings. The van der Waals surface area contributed by atoms with Crippen LogP contribution in [0.5, 0.6) is 0 Å². The standard InChI is InChI=1S/C18H18N4O2/c19-11-14-2-1-3-15(10-14)12-20-17-5-4-16(13-21-17)18(23)22-6-8-24-9-7-22/h1-5,10,13H,6-9,12H2,(H,20,21). The molecule has 0 spiro atoms. The van der Waals surface area contributed by atoms with E-state index in [-0.39, 0.29) is 5.91 Å². The van der Waals surface area contributed by atoms with Crippen LogP contribution in [0.1, 0.15) is 21.5 Å². The third-order valence-corrected chi connectivity index (χ3v) is 3.84. The normalized spacial score (nSPS) is 14.0. The Labute approximate surface area is 140 Å². The van der Waals surface area contributed by atoms with Crippen LogP contribution in [-0.4, -0.2) is 42.1 Å². The second-order valence-electron chi connectivity index (χ2n) is 5.50. The average Bonchev–Trinajstić information content (AvgIpc) is 2.67.